The molecule has 1 heterocycles. The van der Waals surface area contributed by atoms with E-state index in [4.69, 9.17) is 16.6 Å². The molecule has 2 aromatic rings. The lowest BCUT2D eigenvalue weighted by Gasteiger charge is -2.27. The summed E-state index contributed by atoms with van der Waals surface area (Å²) in [5.74, 6) is 0.928. The van der Waals surface area contributed by atoms with Crippen LogP contribution in [0, 0.1) is 13.8 Å². The molecular weight excluding hydrogens is 342 g/mol. The highest BCUT2D eigenvalue weighted by atomic mass is 32.1. The lowest BCUT2D eigenvalue weighted by molar-refractivity contribution is 0.276. The summed E-state index contributed by atoms with van der Waals surface area (Å²) in [5, 5.41) is 4.13. The van der Waals surface area contributed by atoms with Gasteiger partial charge in [-0.05, 0) is 87.5 Å². The van der Waals surface area contributed by atoms with E-state index >= 15 is 0 Å². The fraction of sp³-hybridized carbons (Fsp3) is 0.476. The van der Waals surface area contributed by atoms with Gasteiger partial charge < -0.3 is 19.5 Å². The van der Waals surface area contributed by atoms with Crippen LogP contribution in [-0.4, -0.2) is 41.1 Å². The van der Waals surface area contributed by atoms with E-state index < -0.39 is 0 Å². The summed E-state index contributed by atoms with van der Waals surface area (Å²) < 4.78 is 5.53. The molecule has 1 aromatic carbocycles. The van der Waals surface area contributed by atoms with Gasteiger partial charge in [0.1, 0.15) is 5.76 Å². The average Bonchev–Trinajstić information content (AvgIpc) is 3.14. The predicted molar refractivity (Wildman–Crippen MR) is 114 cm³/mol. The van der Waals surface area contributed by atoms with Crippen LogP contribution in [0.25, 0.3) is 0 Å². The summed E-state index contributed by atoms with van der Waals surface area (Å²) in [5.41, 5.74) is 3.58. The van der Waals surface area contributed by atoms with Crippen molar-refractivity contribution in [1.82, 2.24) is 9.80 Å². The zero-order chi connectivity index (χ0) is 18.9. The second kappa shape index (κ2) is 10.3. The number of benzene rings is 1. The van der Waals surface area contributed by atoms with Crippen molar-refractivity contribution in [2.24, 2.45) is 0 Å². The molecule has 26 heavy (non-hydrogen) atoms. The Morgan fingerprint density at radius 2 is 1.85 bits per heavy atom. The van der Waals surface area contributed by atoms with E-state index in [1.54, 1.807) is 6.26 Å². The quantitative estimate of drug-likeness (QED) is 0.637. The number of thiocarbonyl (C=S) groups is 1. The highest BCUT2D eigenvalue weighted by molar-refractivity contribution is 7.80. The molecule has 4 nitrogen and oxygen atoms in total. The van der Waals surface area contributed by atoms with Crippen molar-refractivity contribution in [3.05, 3.63) is 53.5 Å². The molecular formula is C21H31N3OS. The third-order valence-corrected chi connectivity index (χ3v) is 5.13. The number of anilines is 1. The number of hydrogen-bond acceptors (Lipinski definition) is 3. The highest BCUT2D eigenvalue weighted by Gasteiger charge is 2.13. The summed E-state index contributed by atoms with van der Waals surface area (Å²) in [4.78, 5) is 4.62. The molecule has 142 valence electrons. The molecule has 0 saturated carbocycles. The maximum atomic E-state index is 5.70. The van der Waals surface area contributed by atoms with E-state index in [9.17, 15) is 0 Å². The zero-order valence-electron chi connectivity index (χ0n) is 16.4. The van der Waals surface area contributed by atoms with Gasteiger partial charge in [-0.2, -0.15) is 0 Å². The van der Waals surface area contributed by atoms with E-state index in [1.165, 1.54) is 11.1 Å². The monoisotopic (exact) mass is 373 g/mol. The molecule has 0 atom stereocenters. The predicted octanol–water partition coefficient (Wildman–Crippen LogP) is 4.83. The summed E-state index contributed by atoms with van der Waals surface area (Å²) in [7, 11) is 0. The Kier molecular flexibility index (Phi) is 8.13. The lowest BCUT2D eigenvalue weighted by Crippen LogP contribution is -2.36. The topological polar surface area (TPSA) is 31.6 Å². The van der Waals surface area contributed by atoms with Crippen LogP contribution in [0.2, 0.25) is 0 Å². The van der Waals surface area contributed by atoms with Gasteiger partial charge in [-0.15, -0.1) is 0 Å². The van der Waals surface area contributed by atoms with Crippen LogP contribution >= 0.6 is 12.2 Å². The summed E-state index contributed by atoms with van der Waals surface area (Å²) >= 11 is 5.70. The van der Waals surface area contributed by atoms with Gasteiger partial charge in [-0.1, -0.05) is 19.9 Å². The second-order valence-corrected chi connectivity index (χ2v) is 7.00. The maximum Gasteiger partial charge on any atom is 0.173 e. The first-order valence-electron chi connectivity index (χ1n) is 9.41. The van der Waals surface area contributed by atoms with Gasteiger partial charge in [0.15, 0.2) is 5.11 Å². The molecule has 0 fully saturated rings. The number of aryl methyl sites for hydroxylation is 2. The number of hydrogen-bond donors (Lipinski definition) is 1. The van der Waals surface area contributed by atoms with Crippen LogP contribution in [0.4, 0.5) is 5.69 Å². The van der Waals surface area contributed by atoms with Crippen LogP contribution in [0.15, 0.2) is 41.0 Å². The Hall–Kier alpha value is -1.85. The zero-order valence-corrected chi connectivity index (χ0v) is 17.2. The first kappa shape index (κ1) is 20.5. The molecule has 0 saturated heterocycles. The lowest BCUT2D eigenvalue weighted by atomic mass is 10.1. The van der Waals surface area contributed by atoms with Gasteiger partial charge in [0.25, 0.3) is 0 Å². The molecule has 0 unspecified atom stereocenters. The van der Waals surface area contributed by atoms with Crippen molar-refractivity contribution in [3.63, 3.8) is 0 Å². The van der Waals surface area contributed by atoms with E-state index in [0.717, 1.165) is 49.2 Å². The molecule has 0 aliphatic rings. The SMILES string of the molecule is CCN(CC)CCCN(Cc1ccco1)C(=S)Nc1ccc(C)c(C)c1. The van der Waals surface area contributed by atoms with Gasteiger partial charge in [-0.3, -0.25) is 0 Å². The molecule has 2 rings (SSSR count). The van der Waals surface area contributed by atoms with E-state index in [-0.39, 0.29) is 0 Å². The van der Waals surface area contributed by atoms with Crippen LogP contribution in [-0.2, 0) is 6.54 Å². The number of nitrogens with one attached hydrogen (secondary N) is 1. The van der Waals surface area contributed by atoms with Crippen molar-refractivity contribution >= 4 is 23.0 Å². The number of nitrogens with zero attached hydrogens (tertiary/aromatic N) is 2. The van der Waals surface area contributed by atoms with Gasteiger partial charge in [-0.25, -0.2) is 0 Å². The maximum absolute atomic E-state index is 5.70. The minimum absolute atomic E-state index is 0.682. The Balaban J connectivity index is 2.01. The number of furan rings is 1. The third-order valence-electron chi connectivity index (χ3n) is 4.77. The fourth-order valence-corrected chi connectivity index (χ4v) is 3.16. The van der Waals surface area contributed by atoms with Gasteiger partial charge in [0, 0.05) is 12.2 Å². The Morgan fingerprint density at radius 1 is 1.08 bits per heavy atom. The molecule has 0 spiro atoms. The van der Waals surface area contributed by atoms with Crippen LogP contribution in [0.3, 0.4) is 0 Å². The summed E-state index contributed by atoms with van der Waals surface area (Å²) in [6, 6.07) is 10.3. The van der Waals surface area contributed by atoms with E-state index in [0.29, 0.717) is 6.54 Å². The molecule has 0 aliphatic carbocycles. The fourth-order valence-electron chi connectivity index (χ4n) is 2.89. The Morgan fingerprint density at radius 3 is 2.46 bits per heavy atom. The van der Waals surface area contributed by atoms with Crippen LogP contribution in [0.5, 0.6) is 0 Å². The van der Waals surface area contributed by atoms with Gasteiger partial charge in [0.2, 0.25) is 0 Å². The standard InChI is InChI=1S/C21H31N3OS/c1-5-23(6-2)12-8-13-24(16-20-9-7-14-25-20)21(26)22-19-11-10-17(3)18(4)15-19/h7,9-11,14-15H,5-6,8,12-13,16H2,1-4H3,(H,22,26). The molecule has 1 N–H and O–H groups in total. The Bertz CT molecular complexity index is 681. The van der Waals surface area contributed by atoms with E-state index in [1.807, 2.05) is 12.1 Å². The normalized spacial score (nSPS) is 11.0. The Labute approximate surface area is 163 Å². The largest absolute Gasteiger partial charge is 0.467 e. The van der Waals surface area contributed by atoms with Gasteiger partial charge in [0.05, 0.1) is 12.8 Å². The molecule has 0 aliphatic heterocycles. The van der Waals surface area contributed by atoms with Crippen molar-refractivity contribution in [2.45, 2.75) is 40.7 Å². The molecule has 5 heteroatoms. The second-order valence-electron chi connectivity index (χ2n) is 6.61. The average molecular weight is 374 g/mol. The number of rotatable bonds is 9. The first-order chi connectivity index (χ1) is 12.5. The first-order valence-corrected chi connectivity index (χ1v) is 9.82. The van der Waals surface area contributed by atoms with Gasteiger partial charge >= 0.3 is 0 Å². The third kappa shape index (κ3) is 6.15. The molecule has 0 bridgehead atoms. The summed E-state index contributed by atoms with van der Waals surface area (Å²) in [6.45, 7) is 13.5. The molecule has 1 aromatic heterocycles. The minimum Gasteiger partial charge on any atom is -0.467 e. The van der Waals surface area contributed by atoms with Crippen molar-refractivity contribution in [2.75, 3.05) is 31.5 Å². The smallest absolute Gasteiger partial charge is 0.173 e. The molecule has 0 amide bonds. The van der Waals surface area contributed by atoms with Crippen LogP contribution < -0.4 is 5.32 Å². The van der Waals surface area contributed by atoms with Crippen molar-refractivity contribution in [3.8, 4) is 0 Å². The van der Waals surface area contributed by atoms with Crippen molar-refractivity contribution < 1.29 is 4.42 Å². The van der Waals surface area contributed by atoms with Crippen molar-refractivity contribution in [1.29, 1.82) is 0 Å². The highest BCUT2D eigenvalue weighted by Crippen LogP contribution is 2.16. The molecule has 0 radical (unpaired) electrons. The summed E-state index contributed by atoms with van der Waals surface area (Å²) in [6.07, 6.45) is 2.78. The van der Waals surface area contributed by atoms with Crippen LogP contribution in [0.1, 0.15) is 37.2 Å². The minimum atomic E-state index is 0.682. The van der Waals surface area contributed by atoms with E-state index in [2.05, 4.69) is 61.0 Å².